The maximum atomic E-state index is 10.6. The largest absolute Gasteiger partial charge is 0.508 e. The van der Waals surface area contributed by atoms with Crippen LogP contribution < -0.4 is 0 Å². The van der Waals surface area contributed by atoms with Crippen LogP contribution in [0.3, 0.4) is 0 Å². The lowest BCUT2D eigenvalue weighted by Gasteiger charge is -2.21. The molecule has 0 unspecified atom stereocenters. The minimum absolute atomic E-state index is 0.133. The Morgan fingerprint density at radius 2 is 1.08 bits per heavy atom. The fraction of sp³-hybridized carbons (Fsp3) is 0.455. The molecule has 0 fully saturated rings. The van der Waals surface area contributed by atoms with Gasteiger partial charge in [0.2, 0.25) is 0 Å². The molecule has 0 saturated heterocycles. The van der Waals surface area contributed by atoms with Crippen molar-refractivity contribution in [1.82, 2.24) is 4.57 Å². The molecule has 3 heteroatoms. The van der Waals surface area contributed by atoms with E-state index in [0.29, 0.717) is 11.5 Å². The van der Waals surface area contributed by atoms with Crippen molar-refractivity contribution in [3.63, 3.8) is 0 Å². The zero-order valence-electron chi connectivity index (χ0n) is 16.4. The highest BCUT2D eigenvalue weighted by molar-refractivity contribution is 6.09. The van der Waals surface area contributed by atoms with Gasteiger partial charge < -0.3 is 14.8 Å². The van der Waals surface area contributed by atoms with Crippen LogP contribution in [-0.2, 0) is 17.4 Å². The third-order valence-corrected chi connectivity index (χ3v) is 5.03. The number of fused-ring (bicyclic) bond motifs is 3. The van der Waals surface area contributed by atoms with Crippen LogP contribution in [0, 0.1) is 0 Å². The Labute approximate surface area is 149 Å². The summed E-state index contributed by atoms with van der Waals surface area (Å²) in [5, 5.41) is 23.1. The van der Waals surface area contributed by atoms with Crippen molar-refractivity contribution < 1.29 is 10.2 Å². The molecular weight excluding hydrogens is 310 g/mol. The van der Waals surface area contributed by atoms with Crippen molar-refractivity contribution in [3.8, 4) is 11.5 Å². The average molecular weight is 339 g/mol. The Bertz CT molecular complexity index is 889. The number of aromatic nitrogens is 1. The molecule has 0 saturated carbocycles. The zero-order valence-corrected chi connectivity index (χ0v) is 16.4. The molecule has 3 rings (SSSR count). The minimum atomic E-state index is -0.133. The Balaban J connectivity index is 2.47. The smallest absolute Gasteiger partial charge is 0.120 e. The molecule has 134 valence electrons. The Hall–Kier alpha value is -2.16. The first-order chi connectivity index (χ1) is 11.4. The van der Waals surface area contributed by atoms with Crippen LogP contribution in [0.4, 0.5) is 0 Å². The highest BCUT2D eigenvalue weighted by atomic mass is 16.3. The molecule has 0 aliphatic rings. The van der Waals surface area contributed by atoms with Gasteiger partial charge in [0.15, 0.2) is 0 Å². The van der Waals surface area contributed by atoms with E-state index in [1.165, 1.54) is 0 Å². The van der Waals surface area contributed by atoms with Crippen molar-refractivity contribution in [2.24, 2.45) is 0 Å². The SMILES string of the molecule is CCn1c2cc(C(C)(C)C)c(O)cc2c2cc(O)c(C(C)(C)C)cc21. The van der Waals surface area contributed by atoms with Gasteiger partial charge in [-0.15, -0.1) is 0 Å². The Morgan fingerprint density at radius 1 is 0.720 bits per heavy atom. The number of benzene rings is 2. The topological polar surface area (TPSA) is 45.4 Å². The number of rotatable bonds is 1. The number of aryl methyl sites for hydroxylation is 1. The first-order valence-corrected chi connectivity index (χ1v) is 8.98. The summed E-state index contributed by atoms with van der Waals surface area (Å²) in [5.41, 5.74) is 3.82. The van der Waals surface area contributed by atoms with Gasteiger partial charge in [0.05, 0.1) is 0 Å². The summed E-state index contributed by atoms with van der Waals surface area (Å²) in [7, 11) is 0. The van der Waals surface area contributed by atoms with E-state index in [0.717, 1.165) is 39.5 Å². The molecule has 2 aromatic carbocycles. The van der Waals surface area contributed by atoms with Crippen molar-refractivity contribution in [1.29, 1.82) is 0 Å². The van der Waals surface area contributed by atoms with E-state index in [2.05, 4.69) is 65.2 Å². The summed E-state index contributed by atoms with van der Waals surface area (Å²) >= 11 is 0. The number of phenolic OH excluding ortho intramolecular Hbond substituents is 2. The number of hydrogen-bond donors (Lipinski definition) is 2. The molecule has 0 aliphatic heterocycles. The van der Waals surface area contributed by atoms with Gasteiger partial charge in [-0.05, 0) is 42.0 Å². The maximum absolute atomic E-state index is 10.6. The molecule has 2 N–H and O–H groups in total. The monoisotopic (exact) mass is 339 g/mol. The Kier molecular flexibility index (Phi) is 3.83. The number of hydrogen-bond acceptors (Lipinski definition) is 2. The standard InChI is InChI=1S/C22H29NO2/c1-8-23-17-11-15(21(2,3)4)19(24)9-13(17)14-10-20(25)16(12-18(14)23)22(5,6)7/h9-12,24-25H,8H2,1-7H3. The second-order valence-electron chi connectivity index (χ2n) is 9.02. The van der Waals surface area contributed by atoms with Crippen molar-refractivity contribution >= 4 is 21.8 Å². The van der Waals surface area contributed by atoms with E-state index >= 15 is 0 Å². The van der Waals surface area contributed by atoms with Crippen LogP contribution >= 0.6 is 0 Å². The Morgan fingerprint density at radius 3 is 1.36 bits per heavy atom. The van der Waals surface area contributed by atoms with E-state index in [1.807, 2.05) is 12.1 Å². The van der Waals surface area contributed by atoms with Gasteiger partial charge in [0, 0.05) is 39.5 Å². The van der Waals surface area contributed by atoms with Gasteiger partial charge in [-0.3, -0.25) is 0 Å². The van der Waals surface area contributed by atoms with Crippen LogP contribution in [0.25, 0.3) is 21.8 Å². The van der Waals surface area contributed by atoms with E-state index in [1.54, 1.807) is 0 Å². The molecule has 3 nitrogen and oxygen atoms in total. The molecule has 1 heterocycles. The highest BCUT2D eigenvalue weighted by Gasteiger charge is 2.24. The molecule has 0 amide bonds. The number of phenols is 2. The third kappa shape index (κ3) is 2.76. The number of aromatic hydroxyl groups is 2. The van der Waals surface area contributed by atoms with Crippen LogP contribution in [0.2, 0.25) is 0 Å². The summed E-state index contributed by atoms with van der Waals surface area (Å²) in [6.07, 6.45) is 0. The van der Waals surface area contributed by atoms with Crippen LogP contribution in [0.1, 0.15) is 59.6 Å². The number of nitrogens with zero attached hydrogens (tertiary/aromatic N) is 1. The first-order valence-electron chi connectivity index (χ1n) is 8.98. The molecule has 0 bridgehead atoms. The van der Waals surface area contributed by atoms with Gasteiger partial charge >= 0.3 is 0 Å². The molecular formula is C22H29NO2. The maximum Gasteiger partial charge on any atom is 0.120 e. The molecule has 1 aromatic heterocycles. The lowest BCUT2D eigenvalue weighted by molar-refractivity contribution is 0.446. The predicted octanol–water partition coefficient (Wildman–Crippen LogP) is 5.82. The predicted molar refractivity (Wildman–Crippen MR) is 106 cm³/mol. The molecule has 0 atom stereocenters. The minimum Gasteiger partial charge on any atom is -0.508 e. The normalized spacial score (nSPS) is 13.1. The van der Waals surface area contributed by atoms with E-state index in [9.17, 15) is 10.2 Å². The van der Waals surface area contributed by atoms with Gasteiger partial charge in [-0.1, -0.05) is 41.5 Å². The zero-order chi connectivity index (χ0) is 18.7. The van der Waals surface area contributed by atoms with E-state index < -0.39 is 0 Å². The second-order valence-corrected chi connectivity index (χ2v) is 9.02. The van der Waals surface area contributed by atoms with Gasteiger partial charge in [-0.25, -0.2) is 0 Å². The van der Waals surface area contributed by atoms with Crippen molar-refractivity contribution in [2.45, 2.75) is 65.8 Å². The van der Waals surface area contributed by atoms with Gasteiger partial charge in [-0.2, -0.15) is 0 Å². The van der Waals surface area contributed by atoms with Gasteiger partial charge in [0.25, 0.3) is 0 Å². The fourth-order valence-corrected chi connectivity index (χ4v) is 3.70. The van der Waals surface area contributed by atoms with Crippen LogP contribution in [0.5, 0.6) is 11.5 Å². The fourth-order valence-electron chi connectivity index (χ4n) is 3.70. The van der Waals surface area contributed by atoms with E-state index in [-0.39, 0.29) is 10.8 Å². The lowest BCUT2D eigenvalue weighted by Crippen LogP contribution is -2.12. The molecule has 3 aromatic rings. The summed E-state index contributed by atoms with van der Waals surface area (Å²) in [6.45, 7) is 15.6. The highest BCUT2D eigenvalue weighted by Crippen LogP contribution is 2.41. The summed E-state index contributed by atoms with van der Waals surface area (Å²) in [4.78, 5) is 0. The van der Waals surface area contributed by atoms with Gasteiger partial charge in [0.1, 0.15) is 11.5 Å². The van der Waals surface area contributed by atoms with E-state index in [4.69, 9.17) is 0 Å². The third-order valence-electron chi connectivity index (χ3n) is 5.03. The van der Waals surface area contributed by atoms with Crippen LogP contribution in [0.15, 0.2) is 24.3 Å². The molecule has 0 aliphatic carbocycles. The summed E-state index contributed by atoms with van der Waals surface area (Å²) in [5.74, 6) is 0.629. The van der Waals surface area contributed by atoms with Crippen LogP contribution in [-0.4, -0.2) is 14.8 Å². The quantitative estimate of drug-likeness (QED) is 0.586. The van der Waals surface area contributed by atoms with Crippen molar-refractivity contribution in [3.05, 3.63) is 35.4 Å². The first kappa shape index (κ1) is 17.7. The van der Waals surface area contributed by atoms with Crippen molar-refractivity contribution in [2.75, 3.05) is 0 Å². The second kappa shape index (κ2) is 5.42. The average Bonchev–Trinajstić information content (AvgIpc) is 2.75. The summed E-state index contributed by atoms with van der Waals surface area (Å²) in [6, 6.07) is 7.89. The summed E-state index contributed by atoms with van der Waals surface area (Å²) < 4.78 is 2.27. The molecule has 0 spiro atoms. The molecule has 25 heavy (non-hydrogen) atoms. The lowest BCUT2D eigenvalue weighted by atomic mass is 9.85. The molecule has 0 radical (unpaired) electrons.